The van der Waals surface area contributed by atoms with E-state index in [1.807, 2.05) is 0 Å². The Kier molecular flexibility index (Phi) is 9.27. The van der Waals surface area contributed by atoms with Gasteiger partial charge in [-0.05, 0) is 26.0 Å². The number of nitrogen functional groups attached to an aromatic ring is 1. The van der Waals surface area contributed by atoms with E-state index in [1.165, 1.54) is 19.1 Å². The number of hydrogen-bond donors (Lipinski definition) is 3. The molecule has 1 saturated heterocycles. The van der Waals surface area contributed by atoms with E-state index in [0.29, 0.717) is 10.8 Å². The van der Waals surface area contributed by atoms with Gasteiger partial charge in [0.05, 0.1) is 25.3 Å². The maximum absolute atomic E-state index is 15.1. The molecule has 1 unspecified atom stereocenters. The van der Waals surface area contributed by atoms with Gasteiger partial charge in [0.25, 0.3) is 0 Å². The minimum absolute atomic E-state index is 0.0597. The lowest BCUT2D eigenvalue weighted by molar-refractivity contribution is -0.144. The number of aromatic nitrogens is 2. The number of aliphatic hydroxyl groups excluding tert-OH is 1. The monoisotopic (exact) mass is 566 g/mol. The molecule has 6 atom stereocenters. The number of halogens is 3. The second-order valence-electron chi connectivity index (χ2n) is 8.04. The van der Waals surface area contributed by atoms with Crippen molar-refractivity contribution in [1.82, 2.24) is 14.6 Å². The summed E-state index contributed by atoms with van der Waals surface area (Å²) < 4.78 is 64.5. The fourth-order valence-electron chi connectivity index (χ4n) is 3.40. The molecule has 4 N–H and O–H groups in total. The Labute approximate surface area is 215 Å². The summed E-state index contributed by atoms with van der Waals surface area (Å²) in [6.07, 6.45) is -5.61. The van der Waals surface area contributed by atoms with Crippen LogP contribution in [0.4, 0.5) is 14.6 Å². The number of carbonyl (C=O) groups is 1. The molecule has 3 rings (SSSR count). The van der Waals surface area contributed by atoms with E-state index < -0.39 is 73.7 Å². The molecule has 16 heteroatoms. The van der Waals surface area contributed by atoms with Gasteiger partial charge in [0.15, 0.2) is 24.0 Å². The molecule has 12 nitrogen and oxygen atoms in total. The van der Waals surface area contributed by atoms with Crippen LogP contribution in [0.3, 0.4) is 0 Å². The van der Waals surface area contributed by atoms with Gasteiger partial charge in [-0.2, -0.15) is 10.1 Å². The number of hydrogen-bond acceptors (Lipinski definition) is 10. The average molecular weight is 567 g/mol. The Hall–Kier alpha value is -2.61. The molecule has 0 aliphatic carbocycles. The van der Waals surface area contributed by atoms with E-state index in [9.17, 15) is 23.7 Å². The number of carbonyl (C=O) groups excluding carboxylic acids is 1. The molecule has 1 aromatic heterocycles. The smallest absolute Gasteiger partial charge is 0.459 e. The quantitative estimate of drug-likeness (QED) is 0.207. The fraction of sp³-hybridized carbons (Fsp3) is 0.476. The SMILES string of the molecule is CCOC(=O)[C@@H](C)NP(=O)(OC[C@@]1(CCl)O[C@@H](n2cc(F)c(N)nc2=O)[C@@H](F)[C@@H]1O)Oc1ccccc1. The lowest BCUT2D eigenvalue weighted by Gasteiger charge is -2.31. The minimum Gasteiger partial charge on any atom is -0.465 e. The van der Waals surface area contributed by atoms with Gasteiger partial charge >= 0.3 is 19.4 Å². The van der Waals surface area contributed by atoms with Crippen molar-refractivity contribution < 1.29 is 41.8 Å². The van der Waals surface area contributed by atoms with Crippen molar-refractivity contribution >= 4 is 31.1 Å². The second kappa shape index (κ2) is 11.8. The van der Waals surface area contributed by atoms with Gasteiger partial charge in [0.2, 0.25) is 0 Å². The predicted molar refractivity (Wildman–Crippen MR) is 127 cm³/mol. The highest BCUT2D eigenvalue weighted by Gasteiger charge is 2.57. The van der Waals surface area contributed by atoms with Gasteiger partial charge in [-0.15, -0.1) is 11.6 Å². The van der Waals surface area contributed by atoms with Gasteiger partial charge in [0, 0.05) is 0 Å². The molecule has 37 heavy (non-hydrogen) atoms. The van der Waals surface area contributed by atoms with Gasteiger partial charge in [-0.1, -0.05) is 18.2 Å². The van der Waals surface area contributed by atoms with Crippen LogP contribution in [0.5, 0.6) is 5.75 Å². The van der Waals surface area contributed by atoms with E-state index in [2.05, 4.69) is 10.1 Å². The molecule has 0 bridgehead atoms. The highest BCUT2D eigenvalue weighted by Crippen LogP contribution is 2.48. The van der Waals surface area contributed by atoms with Crippen molar-refractivity contribution in [3.63, 3.8) is 0 Å². The Balaban J connectivity index is 1.87. The number of aliphatic hydroxyl groups is 1. The van der Waals surface area contributed by atoms with Crippen molar-refractivity contribution in [3.05, 3.63) is 52.8 Å². The Morgan fingerprint density at radius 1 is 1.43 bits per heavy atom. The largest absolute Gasteiger partial charge is 0.465 e. The first kappa shape index (κ1) is 29.0. The number of anilines is 1. The van der Waals surface area contributed by atoms with E-state index in [0.717, 1.165) is 0 Å². The third kappa shape index (κ3) is 6.46. The zero-order valence-electron chi connectivity index (χ0n) is 19.8. The standard InChI is InChI=1S/C21H26ClF2N4O8P/c1-3-33-19(30)12(2)27-37(32,36-13-7-5-4-6-8-13)34-11-21(10-22)16(29)15(24)18(35-21)28-9-14(23)17(25)26-20(28)31/h4-9,12,15-16,18,29H,3,10-11H2,1-2H3,(H,27,32)(H2,25,26,31)/t12-,15+,16+,18-,21-,37?/m1/s1. The number of benzene rings is 1. The summed E-state index contributed by atoms with van der Waals surface area (Å²) in [5.41, 5.74) is 2.04. The number of ether oxygens (including phenoxy) is 2. The second-order valence-corrected chi connectivity index (χ2v) is 10.00. The first-order valence-electron chi connectivity index (χ1n) is 11.0. The lowest BCUT2D eigenvalue weighted by atomic mass is 9.99. The molecule has 2 heterocycles. The molecule has 0 spiro atoms. The summed E-state index contributed by atoms with van der Waals surface area (Å²) in [7, 11) is -4.43. The summed E-state index contributed by atoms with van der Waals surface area (Å²) in [5, 5.41) is 13.1. The van der Waals surface area contributed by atoms with Crippen molar-refractivity contribution in [2.45, 2.75) is 44.0 Å². The molecule has 0 amide bonds. The first-order valence-corrected chi connectivity index (χ1v) is 13.1. The summed E-state index contributed by atoms with van der Waals surface area (Å²) in [5.74, 6) is -3.10. The van der Waals surface area contributed by atoms with E-state index in [1.54, 1.807) is 25.1 Å². The highest BCUT2D eigenvalue weighted by molar-refractivity contribution is 7.52. The number of nitrogens with two attached hydrogens (primary N) is 1. The molecule has 204 valence electrons. The molecule has 0 saturated carbocycles. The third-order valence-corrected chi connectivity index (χ3v) is 7.42. The van der Waals surface area contributed by atoms with Crippen LogP contribution in [-0.2, 0) is 23.4 Å². The summed E-state index contributed by atoms with van der Waals surface area (Å²) in [6.45, 7) is 2.16. The normalized spacial score (nSPS) is 25.8. The summed E-state index contributed by atoms with van der Waals surface area (Å²) in [4.78, 5) is 27.5. The Morgan fingerprint density at radius 2 is 2.11 bits per heavy atom. The van der Waals surface area contributed by atoms with E-state index >= 15 is 4.39 Å². The predicted octanol–water partition coefficient (Wildman–Crippen LogP) is 1.91. The molecule has 2 aromatic rings. The summed E-state index contributed by atoms with van der Waals surface area (Å²) in [6, 6.07) is 6.63. The first-order chi connectivity index (χ1) is 17.4. The molecule has 1 aliphatic heterocycles. The Bertz CT molecular complexity index is 1210. The molecule has 1 aromatic carbocycles. The molecule has 1 aliphatic rings. The van der Waals surface area contributed by atoms with Crippen LogP contribution in [-0.4, -0.2) is 63.6 Å². The third-order valence-electron chi connectivity index (χ3n) is 5.34. The zero-order chi connectivity index (χ0) is 27.4. The molecule has 1 fully saturated rings. The number of esters is 1. The van der Waals surface area contributed by atoms with Crippen molar-refractivity contribution in [2.75, 3.05) is 24.8 Å². The van der Waals surface area contributed by atoms with E-state index in [4.69, 9.17) is 35.9 Å². The van der Waals surface area contributed by atoms with Crippen molar-refractivity contribution in [1.29, 1.82) is 0 Å². The lowest BCUT2D eigenvalue weighted by Crippen LogP contribution is -2.48. The van der Waals surface area contributed by atoms with Crippen LogP contribution in [0.2, 0.25) is 0 Å². The van der Waals surface area contributed by atoms with Crippen LogP contribution in [0.15, 0.2) is 41.3 Å². The van der Waals surface area contributed by atoms with Gasteiger partial charge in [0.1, 0.15) is 23.5 Å². The maximum Gasteiger partial charge on any atom is 0.459 e. The number of rotatable bonds is 11. The fourth-order valence-corrected chi connectivity index (χ4v) is 5.25. The van der Waals surface area contributed by atoms with Gasteiger partial charge < -0.3 is 24.8 Å². The maximum atomic E-state index is 15.1. The van der Waals surface area contributed by atoms with Crippen LogP contribution in [0.1, 0.15) is 20.1 Å². The van der Waals surface area contributed by atoms with Crippen LogP contribution in [0, 0.1) is 5.82 Å². The number of alkyl halides is 2. The molecular formula is C21H26ClF2N4O8P. The number of para-hydroxylation sites is 1. The van der Waals surface area contributed by atoms with Crippen molar-refractivity contribution in [3.8, 4) is 5.75 Å². The van der Waals surface area contributed by atoms with Gasteiger partial charge in [-0.3, -0.25) is 13.9 Å². The Morgan fingerprint density at radius 3 is 2.73 bits per heavy atom. The van der Waals surface area contributed by atoms with Crippen LogP contribution >= 0.6 is 19.3 Å². The minimum atomic E-state index is -4.43. The summed E-state index contributed by atoms with van der Waals surface area (Å²) >= 11 is 6.01. The molecular weight excluding hydrogens is 541 g/mol. The van der Waals surface area contributed by atoms with Crippen molar-refractivity contribution in [2.24, 2.45) is 0 Å². The molecule has 0 radical (unpaired) electrons. The van der Waals surface area contributed by atoms with Gasteiger partial charge in [-0.25, -0.2) is 18.1 Å². The number of nitrogens with one attached hydrogen (secondary N) is 1. The zero-order valence-corrected chi connectivity index (χ0v) is 21.4. The highest BCUT2D eigenvalue weighted by atomic mass is 35.5. The number of nitrogens with zero attached hydrogens (tertiary/aromatic N) is 2. The average Bonchev–Trinajstić information content (AvgIpc) is 3.11. The topological polar surface area (TPSA) is 164 Å². The van der Waals surface area contributed by atoms with Crippen LogP contribution < -0.4 is 21.0 Å². The van der Waals surface area contributed by atoms with Crippen LogP contribution in [0.25, 0.3) is 0 Å². The van der Waals surface area contributed by atoms with E-state index in [-0.39, 0.29) is 12.4 Å².